The van der Waals surface area contributed by atoms with E-state index >= 15 is 0 Å². The first-order valence-corrected chi connectivity index (χ1v) is 16.7. The van der Waals surface area contributed by atoms with Gasteiger partial charge in [0.15, 0.2) is 0 Å². The van der Waals surface area contributed by atoms with Crippen LogP contribution >= 0.6 is 12.2 Å². The molecular formula is C36H50OS. The highest BCUT2D eigenvalue weighted by Gasteiger charge is 2.65. The zero-order valence-corrected chi connectivity index (χ0v) is 25.1. The fraction of sp³-hybridized carbons (Fsp3) is 0.750. The summed E-state index contributed by atoms with van der Waals surface area (Å²) in [5.74, 6) is 6.54. The van der Waals surface area contributed by atoms with Crippen molar-refractivity contribution in [2.45, 2.75) is 117 Å². The quantitative estimate of drug-likeness (QED) is 0.283. The number of thiocarbonyl (C=S) groups is 1. The van der Waals surface area contributed by atoms with E-state index in [1.165, 1.54) is 106 Å². The van der Waals surface area contributed by atoms with E-state index in [0.717, 1.165) is 36.2 Å². The van der Waals surface area contributed by atoms with E-state index in [1.807, 2.05) is 0 Å². The molecule has 1 aromatic carbocycles. The van der Waals surface area contributed by atoms with Gasteiger partial charge in [0, 0.05) is 5.41 Å². The fourth-order valence-electron chi connectivity index (χ4n) is 11.9. The van der Waals surface area contributed by atoms with Gasteiger partial charge in [0.25, 0.3) is 0 Å². The second-order valence-electron chi connectivity index (χ2n) is 15.1. The van der Waals surface area contributed by atoms with E-state index in [1.54, 1.807) is 5.57 Å². The first-order chi connectivity index (χ1) is 18.4. The minimum atomic E-state index is 0.335. The fourth-order valence-corrected chi connectivity index (χ4v) is 12.2. The summed E-state index contributed by atoms with van der Waals surface area (Å²) in [7, 11) is 0. The highest BCUT2D eigenvalue weighted by Crippen LogP contribution is 2.72. The lowest BCUT2D eigenvalue weighted by Gasteiger charge is -2.67. The summed E-state index contributed by atoms with van der Waals surface area (Å²) >= 11 is 5.87. The van der Waals surface area contributed by atoms with Crippen molar-refractivity contribution in [2.24, 2.45) is 51.8 Å². The average molecular weight is 531 g/mol. The number of hydrogen-bond donors (Lipinski definition) is 0. The lowest BCUT2D eigenvalue weighted by atomic mass is 9.37. The average Bonchev–Trinajstić information content (AvgIpc) is 3.34. The number of fused-ring (bicyclic) bond motifs is 7. The molecule has 0 aliphatic heterocycles. The molecule has 0 bridgehead atoms. The molecule has 1 nitrogen and oxygen atoms in total. The van der Waals surface area contributed by atoms with Crippen molar-refractivity contribution in [3.8, 4) is 0 Å². The third-order valence-electron chi connectivity index (χ3n) is 13.8. The molecule has 0 spiro atoms. The molecule has 0 N–H and O–H groups in total. The van der Waals surface area contributed by atoms with Gasteiger partial charge in [-0.25, -0.2) is 0 Å². The number of benzene rings is 1. The van der Waals surface area contributed by atoms with E-state index in [0.29, 0.717) is 22.2 Å². The number of ether oxygens (including phenoxy) is 1. The molecule has 6 fully saturated rings. The molecule has 1 aromatic rings. The van der Waals surface area contributed by atoms with Crippen LogP contribution in [-0.2, 0) is 11.3 Å². The van der Waals surface area contributed by atoms with Gasteiger partial charge in [0.05, 0.1) is 0 Å². The predicted octanol–water partition coefficient (Wildman–Crippen LogP) is 10.1. The molecule has 0 amide bonds. The Morgan fingerprint density at radius 1 is 0.816 bits per heavy atom. The Morgan fingerprint density at radius 2 is 1.58 bits per heavy atom. The molecule has 0 saturated heterocycles. The van der Waals surface area contributed by atoms with E-state index in [-0.39, 0.29) is 0 Å². The molecule has 9 unspecified atom stereocenters. The Hall–Kier alpha value is -1.15. The second-order valence-corrected chi connectivity index (χ2v) is 15.6. The van der Waals surface area contributed by atoms with Gasteiger partial charge >= 0.3 is 0 Å². The van der Waals surface area contributed by atoms with Gasteiger partial charge in [-0.15, -0.1) is 0 Å². The van der Waals surface area contributed by atoms with Crippen LogP contribution in [0.5, 0.6) is 0 Å². The third-order valence-corrected chi connectivity index (χ3v) is 14.4. The van der Waals surface area contributed by atoms with E-state index < -0.39 is 0 Å². The highest BCUT2D eigenvalue weighted by atomic mass is 32.1. The summed E-state index contributed by atoms with van der Waals surface area (Å²) in [6.07, 6.45) is 19.3. The Balaban J connectivity index is 1.18. The summed E-state index contributed by atoms with van der Waals surface area (Å²) < 4.78 is 6.96. The van der Waals surface area contributed by atoms with Crippen LogP contribution in [0.25, 0.3) is 0 Å². The van der Waals surface area contributed by atoms with Crippen LogP contribution in [0.2, 0.25) is 0 Å². The Kier molecular flexibility index (Phi) is 6.42. The molecule has 38 heavy (non-hydrogen) atoms. The van der Waals surface area contributed by atoms with Gasteiger partial charge < -0.3 is 4.74 Å². The van der Waals surface area contributed by atoms with E-state index in [2.05, 4.69) is 51.1 Å². The van der Waals surface area contributed by atoms with Crippen molar-refractivity contribution in [3.05, 3.63) is 47.2 Å². The van der Waals surface area contributed by atoms with Crippen LogP contribution in [0, 0.1) is 51.8 Å². The largest absolute Gasteiger partial charge is 0.493 e. The minimum Gasteiger partial charge on any atom is -0.493 e. The van der Waals surface area contributed by atoms with Crippen LogP contribution in [0.1, 0.15) is 116 Å². The molecule has 6 aliphatic rings. The first kappa shape index (κ1) is 25.8. The minimum absolute atomic E-state index is 0.335. The van der Waals surface area contributed by atoms with Crippen molar-refractivity contribution >= 4 is 17.1 Å². The molecule has 6 aliphatic carbocycles. The Bertz CT molecular complexity index is 1100. The molecule has 0 heterocycles. The highest BCUT2D eigenvalue weighted by molar-refractivity contribution is 7.80. The van der Waals surface area contributed by atoms with Gasteiger partial charge in [-0.05, 0) is 146 Å². The van der Waals surface area contributed by atoms with E-state index in [9.17, 15) is 0 Å². The summed E-state index contributed by atoms with van der Waals surface area (Å²) in [6, 6.07) is 10.9. The summed E-state index contributed by atoms with van der Waals surface area (Å²) in [4.78, 5) is 1.38. The summed E-state index contributed by atoms with van der Waals surface area (Å²) in [5.41, 5.74) is 4.37. The van der Waals surface area contributed by atoms with Crippen molar-refractivity contribution in [3.63, 3.8) is 0 Å². The maximum absolute atomic E-state index is 6.96. The normalized spacial score (nSPS) is 45.8. The van der Waals surface area contributed by atoms with Crippen LogP contribution in [0.15, 0.2) is 41.7 Å². The Morgan fingerprint density at radius 3 is 2.34 bits per heavy atom. The maximum atomic E-state index is 6.96. The first-order valence-electron chi connectivity index (χ1n) is 16.3. The van der Waals surface area contributed by atoms with Crippen LogP contribution < -0.4 is 0 Å². The van der Waals surface area contributed by atoms with Crippen LogP contribution in [0.3, 0.4) is 0 Å². The smallest absolute Gasteiger partial charge is 0.113 e. The monoisotopic (exact) mass is 530 g/mol. The van der Waals surface area contributed by atoms with Gasteiger partial charge in [-0.2, -0.15) is 0 Å². The zero-order valence-electron chi connectivity index (χ0n) is 24.3. The van der Waals surface area contributed by atoms with Gasteiger partial charge in [0.1, 0.15) is 12.4 Å². The molecule has 9 atom stereocenters. The maximum Gasteiger partial charge on any atom is 0.113 e. The lowest BCUT2D eigenvalue weighted by molar-refractivity contribution is -0.174. The van der Waals surface area contributed by atoms with Crippen molar-refractivity contribution < 1.29 is 4.74 Å². The lowest BCUT2D eigenvalue weighted by Crippen LogP contribution is -2.60. The molecule has 6 saturated carbocycles. The van der Waals surface area contributed by atoms with Gasteiger partial charge in [-0.3, -0.25) is 0 Å². The molecule has 0 radical (unpaired) electrons. The topological polar surface area (TPSA) is 9.23 Å². The van der Waals surface area contributed by atoms with Crippen LogP contribution in [0.4, 0.5) is 0 Å². The predicted molar refractivity (Wildman–Crippen MR) is 161 cm³/mol. The summed E-state index contributed by atoms with van der Waals surface area (Å²) in [5, 5.41) is 0. The van der Waals surface area contributed by atoms with Crippen molar-refractivity contribution in [1.82, 2.24) is 0 Å². The van der Waals surface area contributed by atoms with Crippen LogP contribution in [-0.4, -0.2) is 4.86 Å². The summed E-state index contributed by atoms with van der Waals surface area (Å²) in [6.45, 7) is 8.70. The SMILES string of the molecule is CC1C(=S)CCC2(C)C1CCC1(C)C3CCC4(C(OCc5ccccc5)=C5CCC5)CCCC4C3CCC21. The van der Waals surface area contributed by atoms with E-state index in [4.69, 9.17) is 17.0 Å². The molecular weight excluding hydrogens is 480 g/mol. The van der Waals surface area contributed by atoms with Crippen molar-refractivity contribution in [2.75, 3.05) is 0 Å². The number of allylic oxidation sites excluding steroid dienone is 2. The number of hydrogen-bond acceptors (Lipinski definition) is 2. The second kappa shape index (κ2) is 9.46. The Labute approximate surface area is 237 Å². The van der Waals surface area contributed by atoms with Crippen molar-refractivity contribution in [1.29, 1.82) is 0 Å². The standard InChI is InChI=1S/C36H50OS/c1-24-28-16-20-35(3)29-17-22-36(33(26-11-7-12-26)37-23-25-9-5-4-6-10-25)19-8-13-30(36)27(29)14-15-32(35)34(28,2)21-18-31(24)38/h4-6,9-10,24,27-30,32H,7-8,11-23H2,1-3H3. The number of rotatable bonds is 4. The molecule has 2 heteroatoms. The zero-order chi connectivity index (χ0) is 26.1. The molecule has 206 valence electrons. The van der Waals surface area contributed by atoms with Gasteiger partial charge in [0.2, 0.25) is 0 Å². The van der Waals surface area contributed by atoms with Gasteiger partial charge in [-0.1, -0.05) is 69.7 Å². The molecule has 0 aromatic heterocycles. The molecule has 7 rings (SSSR count). The third kappa shape index (κ3) is 3.70.